The van der Waals surface area contributed by atoms with Crippen LogP contribution in [0.25, 0.3) is 0 Å². The highest BCUT2D eigenvalue weighted by Crippen LogP contribution is 2.27. The smallest absolute Gasteiger partial charge is 0.319 e. The molecule has 2 aromatic rings. The zero-order chi connectivity index (χ0) is 20.2. The number of carbonyl (C=O) groups excluding carboxylic acids is 1. The molecule has 0 bridgehead atoms. The Labute approximate surface area is 167 Å². The SMILES string of the molecule is O=C(Nc1cc(F)ccc1F)NC1CCN(c2nccc(C3CCOCC3)n2)C1. The molecule has 0 aliphatic carbocycles. The van der Waals surface area contributed by atoms with Gasteiger partial charge in [-0.1, -0.05) is 0 Å². The number of urea groups is 1. The molecule has 29 heavy (non-hydrogen) atoms. The van der Waals surface area contributed by atoms with Crippen molar-refractivity contribution < 1.29 is 18.3 Å². The molecule has 2 aliphatic heterocycles. The lowest BCUT2D eigenvalue weighted by molar-refractivity contribution is 0.0845. The lowest BCUT2D eigenvalue weighted by Gasteiger charge is -2.23. The maximum atomic E-state index is 13.7. The first-order chi connectivity index (χ1) is 14.1. The second-order valence-electron chi connectivity index (χ2n) is 7.32. The molecule has 1 unspecified atom stereocenters. The van der Waals surface area contributed by atoms with Crippen molar-refractivity contribution in [2.75, 3.05) is 36.5 Å². The third-order valence-corrected chi connectivity index (χ3v) is 5.29. The third kappa shape index (κ3) is 4.79. The van der Waals surface area contributed by atoms with E-state index in [1.54, 1.807) is 6.20 Å². The van der Waals surface area contributed by atoms with E-state index in [1.807, 2.05) is 11.0 Å². The number of hydrogen-bond acceptors (Lipinski definition) is 5. The fourth-order valence-corrected chi connectivity index (χ4v) is 3.73. The average molecular weight is 403 g/mol. The van der Waals surface area contributed by atoms with Gasteiger partial charge in [0.05, 0.1) is 5.69 Å². The number of halogens is 2. The van der Waals surface area contributed by atoms with E-state index in [9.17, 15) is 13.6 Å². The van der Waals surface area contributed by atoms with Crippen LogP contribution in [0.5, 0.6) is 0 Å². The summed E-state index contributed by atoms with van der Waals surface area (Å²) in [6.07, 6.45) is 4.39. The number of aromatic nitrogens is 2. The molecule has 0 spiro atoms. The Kier molecular flexibility index (Phi) is 5.84. The van der Waals surface area contributed by atoms with Crippen molar-refractivity contribution in [3.63, 3.8) is 0 Å². The quantitative estimate of drug-likeness (QED) is 0.820. The number of anilines is 2. The van der Waals surface area contributed by atoms with Crippen molar-refractivity contribution in [2.24, 2.45) is 0 Å². The highest BCUT2D eigenvalue weighted by atomic mass is 19.1. The molecular weight excluding hydrogens is 380 g/mol. The van der Waals surface area contributed by atoms with Gasteiger partial charge in [0.25, 0.3) is 0 Å². The molecule has 4 rings (SSSR count). The maximum absolute atomic E-state index is 13.7. The Morgan fingerprint density at radius 2 is 2.00 bits per heavy atom. The molecule has 2 amide bonds. The predicted molar refractivity (Wildman–Crippen MR) is 104 cm³/mol. The molecule has 1 aromatic carbocycles. The van der Waals surface area contributed by atoms with E-state index in [1.165, 1.54) is 0 Å². The van der Waals surface area contributed by atoms with Gasteiger partial charge in [-0.25, -0.2) is 23.5 Å². The number of nitrogens with one attached hydrogen (secondary N) is 2. The first kappa shape index (κ1) is 19.5. The Hall–Kier alpha value is -2.81. The first-order valence-corrected chi connectivity index (χ1v) is 9.76. The number of amides is 2. The number of benzene rings is 1. The number of carbonyl (C=O) groups is 1. The van der Waals surface area contributed by atoms with Gasteiger partial charge in [0.15, 0.2) is 0 Å². The number of ether oxygens (including phenoxy) is 1. The van der Waals surface area contributed by atoms with Gasteiger partial charge in [0.1, 0.15) is 11.6 Å². The minimum Gasteiger partial charge on any atom is -0.381 e. The van der Waals surface area contributed by atoms with Crippen molar-refractivity contribution in [1.82, 2.24) is 15.3 Å². The minimum absolute atomic E-state index is 0.137. The summed E-state index contributed by atoms with van der Waals surface area (Å²) in [5.74, 6) is -0.271. The summed E-state index contributed by atoms with van der Waals surface area (Å²) < 4.78 is 32.3. The van der Waals surface area contributed by atoms with Crippen LogP contribution in [0.1, 0.15) is 30.9 Å². The zero-order valence-corrected chi connectivity index (χ0v) is 15.9. The third-order valence-electron chi connectivity index (χ3n) is 5.29. The van der Waals surface area contributed by atoms with Crippen molar-refractivity contribution >= 4 is 17.7 Å². The van der Waals surface area contributed by atoms with E-state index < -0.39 is 17.7 Å². The number of rotatable bonds is 4. The van der Waals surface area contributed by atoms with Crippen LogP contribution in [0.2, 0.25) is 0 Å². The zero-order valence-electron chi connectivity index (χ0n) is 15.9. The van der Waals surface area contributed by atoms with Gasteiger partial charge >= 0.3 is 6.03 Å². The van der Waals surface area contributed by atoms with Gasteiger partial charge < -0.3 is 20.3 Å². The maximum Gasteiger partial charge on any atom is 0.319 e. The lowest BCUT2D eigenvalue weighted by Crippen LogP contribution is -2.40. The summed E-state index contributed by atoms with van der Waals surface area (Å²) >= 11 is 0. The Balaban J connectivity index is 1.34. The lowest BCUT2D eigenvalue weighted by atomic mass is 9.96. The second-order valence-corrected chi connectivity index (χ2v) is 7.32. The second kappa shape index (κ2) is 8.69. The molecule has 3 heterocycles. The molecular formula is C20H23F2N5O2. The Morgan fingerprint density at radius 1 is 1.17 bits per heavy atom. The molecule has 2 N–H and O–H groups in total. The van der Waals surface area contributed by atoms with Crippen molar-refractivity contribution in [2.45, 2.75) is 31.2 Å². The van der Waals surface area contributed by atoms with Crippen LogP contribution >= 0.6 is 0 Å². The normalized spacial score (nSPS) is 19.9. The summed E-state index contributed by atoms with van der Waals surface area (Å²) in [4.78, 5) is 23.3. The van der Waals surface area contributed by atoms with E-state index >= 15 is 0 Å². The van der Waals surface area contributed by atoms with Gasteiger partial charge in [-0.3, -0.25) is 0 Å². The van der Waals surface area contributed by atoms with E-state index in [4.69, 9.17) is 9.72 Å². The molecule has 9 heteroatoms. The molecule has 0 saturated carbocycles. The van der Waals surface area contributed by atoms with E-state index in [0.29, 0.717) is 31.4 Å². The summed E-state index contributed by atoms with van der Waals surface area (Å²) in [5, 5.41) is 5.16. The van der Waals surface area contributed by atoms with Crippen molar-refractivity contribution in [3.8, 4) is 0 Å². The molecule has 2 saturated heterocycles. The monoisotopic (exact) mass is 403 g/mol. The van der Waals surface area contributed by atoms with E-state index in [0.717, 1.165) is 49.9 Å². The summed E-state index contributed by atoms with van der Waals surface area (Å²) in [6, 6.07) is 4.17. The van der Waals surface area contributed by atoms with Crippen LogP contribution in [0.4, 0.5) is 25.2 Å². The van der Waals surface area contributed by atoms with Crippen LogP contribution in [-0.4, -0.2) is 48.3 Å². The van der Waals surface area contributed by atoms with Gasteiger partial charge in [-0.15, -0.1) is 0 Å². The fraction of sp³-hybridized carbons (Fsp3) is 0.450. The molecule has 154 valence electrons. The highest BCUT2D eigenvalue weighted by Gasteiger charge is 2.27. The van der Waals surface area contributed by atoms with Gasteiger partial charge in [-0.05, 0) is 37.5 Å². The first-order valence-electron chi connectivity index (χ1n) is 9.76. The molecule has 1 aromatic heterocycles. The van der Waals surface area contributed by atoms with Gasteiger partial charge in [-0.2, -0.15) is 0 Å². The molecule has 2 fully saturated rings. The highest BCUT2D eigenvalue weighted by molar-refractivity contribution is 5.89. The van der Waals surface area contributed by atoms with Gasteiger partial charge in [0.2, 0.25) is 5.95 Å². The number of hydrogen-bond donors (Lipinski definition) is 2. The predicted octanol–water partition coefficient (Wildman–Crippen LogP) is 3.05. The van der Waals surface area contributed by atoms with Crippen LogP contribution in [0, 0.1) is 11.6 Å². The fourth-order valence-electron chi connectivity index (χ4n) is 3.73. The van der Waals surface area contributed by atoms with Crippen LogP contribution in [0.15, 0.2) is 30.5 Å². The van der Waals surface area contributed by atoms with Crippen LogP contribution < -0.4 is 15.5 Å². The topological polar surface area (TPSA) is 79.4 Å². The number of nitrogens with zero attached hydrogens (tertiary/aromatic N) is 3. The minimum atomic E-state index is -0.687. The summed E-state index contributed by atoms with van der Waals surface area (Å²) in [7, 11) is 0. The molecule has 7 nitrogen and oxygen atoms in total. The van der Waals surface area contributed by atoms with E-state index in [-0.39, 0.29) is 11.7 Å². The van der Waals surface area contributed by atoms with E-state index in [2.05, 4.69) is 15.6 Å². The molecule has 1 atom stereocenters. The van der Waals surface area contributed by atoms with Crippen LogP contribution in [-0.2, 0) is 4.74 Å². The Morgan fingerprint density at radius 3 is 2.83 bits per heavy atom. The largest absolute Gasteiger partial charge is 0.381 e. The molecule has 2 aliphatic rings. The standard InChI is InChI=1S/C20H23F2N5O2/c21-14-1-2-16(22)18(11-14)26-20(28)24-15-4-8-27(12-15)19-23-7-3-17(25-19)13-5-9-29-10-6-13/h1-3,7,11,13,15H,4-6,8-10,12H2,(H2,24,26,28). The van der Waals surface area contributed by atoms with Crippen molar-refractivity contribution in [1.29, 1.82) is 0 Å². The van der Waals surface area contributed by atoms with Crippen molar-refractivity contribution in [3.05, 3.63) is 47.8 Å². The average Bonchev–Trinajstić information content (AvgIpc) is 3.20. The van der Waals surface area contributed by atoms with Gasteiger partial charge in [0, 0.05) is 56.2 Å². The summed E-state index contributed by atoms with van der Waals surface area (Å²) in [5.41, 5.74) is 0.832. The Bertz CT molecular complexity index is 876. The molecule has 0 radical (unpaired) electrons. The summed E-state index contributed by atoms with van der Waals surface area (Å²) in [6.45, 7) is 2.76. The van der Waals surface area contributed by atoms with Crippen LogP contribution in [0.3, 0.4) is 0 Å².